The molecule has 37 heavy (non-hydrogen) atoms. The number of rotatable bonds is 14. The Morgan fingerprint density at radius 1 is 1.27 bits per heavy atom. The average molecular weight is 542 g/mol. The third-order valence-electron chi connectivity index (χ3n) is 6.02. The molecule has 0 spiro atoms. The molecular formula is C24H40N5O7P. The zero-order chi connectivity index (χ0) is 27.7. The van der Waals surface area contributed by atoms with Gasteiger partial charge in [-0.2, -0.15) is 0 Å². The molecule has 2 N–H and O–H groups in total. The molecule has 2 rings (SSSR count). The summed E-state index contributed by atoms with van der Waals surface area (Å²) < 4.78 is 28.4. The molecule has 1 amide bonds. The van der Waals surface area contributed by atoms with E-state index in [2.05, 4.69) is 19.8 Å². The molecule has 0 saturated carbocycles. The second kappa shape index (κ2) is 14.7. The van der Waals surface area contributed by atoms with Gasteiger partial charge in [-0.1, -0.05) is 6.92 Å². The van der Waals surface area contributed by atoms with Crippen molar-refractivity contribution in [3.63, 3.8) is 0 Å². The van der Waals surface area contributed by atoms with Crippen LogP contribution in [0.3, 0.4) is 0 Å². The van der Waals surface area contributed by atoms with Gasteiger partial charge < -0.3 is 28.7 Å². The minimum atomic E-state index is -1.62. The largest absolute Gasteiger partial charge is 0.374 e. The number of aromatic nitrogens is 2. The van der Waals surface area contributed by atoms with E-state index in [1.165, 1.54) is 30.9 Å². The van der Waals surface area contributed by atoms with Crippen molar-refractivity contribution in [2.24, 2.45) is 5.92 Å². The van der Waals surface area contributed by atoms with E-state index in [9.17, 15) is 14.4 Å². The van der Waals surface area contributed by atoms with Crippen LogP contribution in [0.4, 0.5) is 0 Å². The highest BCUT2D eigenvalue weighted by Crippen LogP contribution is 2.51. The summed E-state index contributed by atoms with van der Waals surface area (Å²) in [7, 11) is -0.101. The van der Waals surface area contributed by atoms with E-state index in [0.717, 1.165) is 0 Å². The maximum Gasteiger partial charge on any atom is 0.330 e. The maximum atomic E-state index is 12.6. The van der Waals surface area contributed by atoms with Crippen molar-refractivity contribution < 1.29 is 23.3 Å². The van der Waals surface area contributed by atoms with E-state index < -0.39 is 44.3 Å². The van der Waals surface area contributed by atoms with Crippen molar-refractivity contribution in [2.75, 3.05) is 26.8 Å². The van der Waals surface area contributed by atoms with Crippen LogP contribution in [-0.4, -0.2) is 77.3 Å². The Balaban J connectivity index is 2.46. The fourth-order valence-corrected chi connectivity index (χ4v) is 6.12. The van der Waals surface area contributed by atoms with Gasteiger partial charge in [-0.3, -0.25) is 19.1 Å². The van der Waals surface area contributed by atoms with E-state index in [1.54, 1.807) is 0 Å². The van der Waals surface area contributed by atoms with Crippen molar-refractivity contribution in [1.82, 2.24) is 19.5 Å². The fourth-order valence-electron chi connectivity index (χ4n) is 4.38. The summed E-state index contributed by atoms with van der Waals surface area (Å²) in [6.45, 7) is 19.6. The zero-order valence-electron chi connectivity index (χ0n) is 22.7. The third-order valence-corrected chi connectivity index (χ3v) is 8.15. The Labute approximate surface area is 219 Å². The first-order valence-corrected chi connectivity index (χ1v) is 13.6. The standard InChI is InChI=1S/C24H40N5O7P/c1-15(2)29(16(3)4)37(34-14-12-25-7)36-21-20(17(5)9-11-26-18(6)30)35-23(22(21)33-8)28-13-10-19(31)27-24(28)32/h10,13,15-17,20-23H,9,11-12,14H2,1-6,8H3,(H,26,30)(H,27,31,32)/t17-,20+,21-,22?,23+,37?/m0/s1. The number of nitrogens with zero attached hydrogens (tertiary/aromatic N) is 3. The highest BCUT2D eigenvalue weighted by atomic mass is 31.2. The van der Waals surface area contributed by atoms with Crippen molar-refractivity contribution in [2.45, 2.75) is 84.6 Å². The van der Waals surface area contributed by atoms with Crippen molar-refractivity contribution in [3.8, 4) is 0 Å². The van der Waals surface area contributed by atoms with Crippen LogP contribution in [0.15, 0.2) is 21.9 Å². The molecule has 12 nitrogen and oxygen atoms in total. The molecule has 6 atom stereocenters. The Hall–Kier alpha value is -2.13. The van der Waals surface area contributed by atoms with Gasteiger partial charge in [0.1, 0.15) is 18.8 Å². The Kier molecular flexibility index (Phi) is 12.4. The van der Waals surface area contributed by atoms with E-state index in [1.807, 2.05) is 34.6 Å². The average Bonchev–Trinajstić information content (AvgIpc) is 3.16. The molecule has 0 aliphatic carbocycles. The van der Waals surface area contributed by atoms with E-state index >= 15 is 0 Å². The smallest absolute Gasteiger partial charge is 0.330 e. The first kappa shape index (κ1) is 31.1. The number of amides is 1. The number of carbonyl (C=O) groups is 1. The third kappa shape index (κ3) is 8.43. The topological polar surface area (TPSA) is 128 Å². The Morgan fingerprint density at radius 3 is 2.49 bits per heavy atom. The van der Waals surface area contributed by atoms with Crippen LogP contribution in [0, 0.1) is 12.5 Å². The van der Waals surface area contributed by atoms with Gasteiger partial charge in [-0.15, -0.1) is 0 Å². The second-order valence-corrected chi connectivity index (χ2v) is 11.0. The molecule has 2 unspecified atom stereocenters. The number of ether oxygens (including phenoxy) is 2. The van der Waals surface area contributed by atoms with Crippen LogP contribution in [0.2, 0.25) is 0 Å². The summed E-state index contributed by atoms with van der Waals surface area (Å²) in [5, 5.41) is 2.80. The van der Waals surface area contributed by atoms with Crippen LogP contribution in [-0.2, 0) is 23.3 Å². The SMILES string of the molecule is [C-]#[N+]CCOP(O[C@@H]1C(OC)[C@H](n2ccc(=O)[nH]c2=O)O[C@@H]1[C@@H](C)CCNC(C)=O)N(C(C)C)C(C)C. The summed E-state index contributed by atoms with van der Waals surface area (Å²) >= 11 is 0. The van der Waals surface area contributed by atoms with Gasteiger partial charge in [0.05, 0.1) is 6.10 Å². The summed E-state index contributed by atoms with van der Waals surface area (Å²) in [6.07, 6.45) is -0.740. The van der Waals surface area contributed by atoms with Crippen molar-refractivity contribution in [1.29, 1.82) is 0 Å². The molecule has 0 aromatic carbocycles. The van der Waals surface area contributed by atoms with Crippen molar-refractivity contribution >= 4 is 14.4 Å². The monoisotopic (exact) mass is 541 g/mol. The lowest BCUT2D eigenvalue weighted by Crippen LogP contribution is -2.42. The molecule has 1 aliphatic rings. The van der Waals surface area contributed by atoms with Gasteiger partial charge in [0, 0.05) is 44.9 Å². The highest BCUT2D eigenvalue weighted by molar-refractivity contribution is 7.44. The number of methoxy groups -OCH3 is 1. The van der Waals surface area contributed by atoms with Gasteiger partial charge in [-0.05, 0) is 40.0 Å². The lowest BCUT2D eigenvalue weighted by Gasteiger charge is -2.38. The summed E-state index contributed by atoms with van der Waals surface area (Å²) in [6, 6.07) is 1.44. The molecule has 1 aliphatic heterocycles. The molecule has 0 radical (unpaired) electrons. The minimum Gasteiger partial charge on any atom is -0.374 e. The van der Waals surface area contributed by atoms with Gasteiger partial charge >= 0.3 is 5.69 Å². The van der Waals surface area contributed by atoms with Gasteiger partial charge in [0.15, 0.2) is 6.23 Å². The molecule has 0 bridgehead atoms. The predicted octanol–water partition coefficient (Wildman–Crippen LogP) is 2.28. The predicted molar refractivity (Wildman–Crippen MR) is 140 cm³/mol. The Bertz CT molecular complexity index is 1020. The first-order valence-electron chi connectivity index (χ1n) is 12.5. The number of H-pyrrole nitrogens is 1. The molecule has 208 valence electrons. The maximum absolute atomic E-state index is 12.6. The first-order chi connectivity index (χ1) is 17.5. The van der Waals surface area contributed by atoms with Gasteiger partial charge in [0.2, 0.25) is 12.5 Å². The quantitative estimate of drug-likeness (QED) is 0.209. The molecule has 2 heterocycles. The van der Waals surface area contributed by atoms with Crippen LogP contribution < -0.4 is 16.6 Å². The van der Waals surface area contributed by atoms with E-state index in [4.69, 9.17) is 25.1 Å². The van der Waals surface area contributed by atoms with Crippen LogP contribution in [0.5, 0.6) is 0 Å². The molecule has 1 saturated heterocycles. The fraction of sp³-hybridized carbons (Fsp3) is 0.750. The number of nitrogens with one attached hydrogen (secondary N) is 2. The number of hydrogen-bond donors (Lipinski definition) is 2. The molecule has 1 fully saturated rings. The molecular weight excluding hydrogens is 501 g/mol. The van der Waals surface area contributed by atoms with Crippen LogP contribution in [0.25, 0.3) is 4.85 Å². The van der Waals surface area contributed by atoms with E-state index in [0.29, 0.717) is 13.0 Å². The van der Waals surface area contributed by atoms with Gasteiger partial charge in [0.25, 0.3) is 14.1 Å². The lowest BCUT2D eigenvalue weighted by molar-refractivity contribution is -0.119. The van der Waals surface area contributed by atoms with Crippen LogP contribution in [0.1, 0.15) is 54.2 Å². The van der Waals surface area contributed by atoms with Crippen LogP contribution >= 0.6 is 8.53 Å². The normalized spacial score (nSPS) is 23.4. The lowest BCUT2D eigenvalue weighted by atomic mass is 9.95. The highest BCUT2D eigenvalue weighted by Gasteiger charge is 2.51. The number of aromatic amines is 1. The van der Waals surface area contributed by atoms with Gasteiger partial charge in [-0.25, -0.2) is 16.0 Å². The molecule has 1 aromatic heterocycles. The minimum absolute atomic E-state index is 0.0930. The summed E-state index contributed by atoms with van der Waals surface area (Å²) in [5.41, 5.74) is -1.13. The molecule has 1 aromatic rings. The van der Waals surface area contributed by atoms with E-state index in [-0.39, 0.29) is 37.1 Å². The number of carbonyl (C=O) groups excluding carboxylic acids is 1. The summed E-state index contributed by atoms with van der Waals surface area (Å²) in [4.78, 5) is 41.3. The molecule has 13 heteroatoms. The Morgan fingerprint density at radius 2 is 1.95 bits per heavy atom. The summed E-state index contributed by atoms with van der Waals surface area (Å²) in [5.74, 6) is -0.217. The van der Waals surface area contributed by atoms with Crippen molar-refractivity contribution in [3.05, 3.63) is 44.5 Å². The zero-order valence-corrected chi connectivity index (χ0v) is 23.6. The second-order valence-electron chi connectivity index (χ2n) is 9.55. The number of hydrogen-bond acceptors (Lipinski definition) is 8.